The summed E-state index contributed by atoms with van der Waals surface area (Å²) in [5.41, 5.74) is -0.138. The van der Waals surface area contributed by atoms with E-state index in [2.05, 4.69) is 4.74 Å². The number of cyclic esters (lactones) is 2. The summed E-state index contributed by atoms with van der Waals surface area (Å²) in [5.74, 6) is -0.946. The molecular formula is C10H18O5Si. The van der Waals surface area contributed by atoms with Crippen LogP contribution in [0, 0.1) is 0 Å². The van der Waals surface area contributed by atoms with Crippen molar-refractivity contribution < 1.29 is 23.2 Å². The number of ether oxygens (including phenoxy) is 1. The van der Waals surface area contributed by atoms with E-state index in [0.29, 0.717) is 13.2 Å². The van der Waals surface area contributed by atoms with Crippen molar-refractivity contribution in [3.8, 4) is 0 Å². The van der Waals surface area contributed by atoms with E-state index >= 15 is 0 Å². The molecule has 1 heterocycles. The van der Waals surface area contributed by atoms with Crippen LogP contribution in [-0.4, -0.2) is 33.7 Å². The molecule has 0 bridgehead atoms. The molecule has 0 atom stereocenters. The Morgan fingerprint density at radius 1 is 1.19 bits per heavy atom. The molecule has 6 heteroatoms. The van der Waals surface area contributed by atoms with Gasteiger partial charge in [-0.1, -0.05) is 0 Å². The fraction of sp³-hybridized carbons (Fsp3) is 0.800. The first kappa shape index (κ1) is 13.3. The number of carbonyl (C=O) groups is 2. The van der Waals surface area contributed by atoms with Crippen LogP contribution >= 0.6 is 0 Å². The van der Waals surface area contributed by atoms with Crippen LogP contribution in [0.1, 0.15) is 26.7 Å². The molecule has 1 rings (SSSR count). The Morgan fingerprint density at radius 3 is 2.00 bits per heavy atom. The lowest BCUT2D eigenvalue weighted by molar-refractivity contribution is -0.163. The molecule has 1 fully saturated rings. The second kappa shape index (κ2) is 5.56. The average molecular weight is 246 g/mol. The number of rotatable bonds is 5. The zero-order valence-electron chi connectivity index (χ0n) is 9.95. The second-order valence-corrected chi connectivity index (χ2v) is 7.26. The van der Waals surface area contributed by atoms with Crippen LogP contribution in [0.3, 0.4) is 0 Å². The fourth-order valence-electron chi connectivity index (χ4n) is 1.91. The van der Waals surface area contributed by atoms with Gasteiger partial charge in [0.2, 0.25) is 0 Å². The van der Waals surface area contributed by atoms with Crippen molar-refractivity contribution in [3.05, 3.63) is 0 Å². The van der Waals surface area contributed by atoms with E-state index in [1.54, 1.807) is 0 Å². The van der Waals surface area contributed by atoms with Gasteiger partial charge in [-0.25, -0.2) is 0 Å². The van der Waals surface area contributed by atoms with Crippen molar-refractivity contribution in [1.82, 2.24) is 0 Å². The highest BCUT2D eigenvalue weighted by Gasteiger charge is 2.46. The largest absolute Gasteiger partial charge is 0.394 e. The normalized spacial score (nSPS) is 18.7. The lowest BCUT2D eigenvalue weighted by Crippen LogP contribution is -2.47. The Hall–Kier alpha value is -0.723. The number of esters is 2. The Morgan fingerprint density at radius 2 is 1.62 bits per heavy atom. The third-order valence-electron chi connectivity index (χ3n) is 2.66. The molecule has 0 radical (unpaired) electrons. The molecule has 0 saturated carbocycles. The predicted molar refractivity (Wildman–Crippen MR) is 59.0 cm³/mol. The van der Waals surface area contributed by atoms with Crippen molar-refractivity contribution in [2.24, 2.45) is 0 Å². The third kappa shape index (κ3) is 3.13. The molecule has 16 heavy (non-hydrogen) atoms. The first-order valence-corrected chi connectivity index (χ1v) is 7.92. The molecule has 0 aromatic carbocycles. The molecule has 0 aromatic heterocycles. The highest BCUT2D eigenvalue weighted by Crippen LogP contribution is 2.34. The van der Waals surface area contributed by atoms with Gasteiger partial charge in [0.05, 0.1) is 12.8 Å². The number of hydrogen-bond acceptors (Lipinski definition) is 5. The van der Waals surface area contributed by atoms with Crippen LogP contribution in [0.2, 0.25) is 12.1 Å². The van der Waals surface area contributed by atoms with E-state index in [9.17, 15) is 9.59 Å². The van der Waals surface area contributed by atoms with Crippen LogP contribution in [0.25, 0.3) is 0 Å². The van der Waals surface area contributed by atoms with Gasteiger partial charge in [-0.05, 0) is 20.4 Å². The molecular weight excluding hydrogens is 228 g/mol. The van der Waals surface area contributed by atoms with Gasteiger partial charge < -0.3 is 13.6 Å². The summed E-state index contributed by atoms with van der Waals surface area (Å²) in [5, 5.41) is 0. The number of hydrogen-bond donors (Lipinski definition) is 0. The van der Waals surface area contributed by atoms with Crippen LogP contribution in [0.15, 0.2) is 0 Å². The first-order chi connectivity index (χ1) is 7.51. The monoisotopic (exact) mass is 246 g/mol. The zero-order chi connectivity index (χ0) is 12.2. The summed E-state index contributed by atoms with van der Waals surface area (Å²) < 4.78 is 15.8. The van der Waals surface area contributed by atoms with E-state index < -0.39 is 20.5 Å². The minimum absolute atomic E-state index is 0.138. The molecule has 0 unspecified atom stereocenters. The van der Waals surface area contributed by atoms with Gasteiger partial charge in [-0.15, -0.1) is 0 Å². The first-order valence-electron chi connectivity index (χ1n) is 5.53. The maximum atomic E-state index is 11.2. The average Bonchev–Trinajstić information content (AvgIpc) is 2.16. The van der Waals surface area contributed by atoms with Crippen molar-refractivity contribution >= 4 is 20.5 Å². The minimum atomic E-state index is -2.45. The lowest BCUT2D eigenvalue weighted by atomic mass is 10.2. The standard InChI is InChI=1S/C10H18O5Si/c1-4-13-16(3,14-5-2)8-6-9(11)15-10(12)7-8/h8H,4-7H2,1-3H3. The molecule has 0 amide bonds. The van der Waals surface area contributed by atoms with Gasteiger partial charge >= 0.3 is 20.5 Å². The van der Waals surface area contributed by atoms with Crippen molar-refractivity contribution in [2.45, 2.75) is 38.8 Å². The van der Waals surface area contributed by atoms with Crippen LogP contribution in [0.5, 0.6) is 0 Å². The van der Waals surface area contributed by atoms with Gasteiger partial charge in [0.1, 0.15) is 0 Å². The van der Waals surface area contributed by atoms with Crippen LogP contribution < -0.4 is 0 Å². The Labute approximate surface area is 96.3 Å². The molecule has 1 saturated heterocycles. The molecule has 1 aliphatic rings. The zero-order valence-corrected chi connectivity index (χ0v) is 10.9. The van der Waals surface area contributed by atoms with Gasteiger partial charge in [0, 0.05) is 18.8 Å². The van der Waals surface area contributed by atoms with E-state index in [4.69, 9.17) is 8.85 Å². The summed E-state index contributed by atoms with van der Waals surface area (Å²) in [7, 11) is -2.45. The highest BCUT2D eigenvalue weighted by molar-refractivity contribution is 6.68. The SMILES string of the molecule is CCO[Si](C)(OCC)C1CC(=O)OC(=O)C1. The predicted octanol–water partition coefficient (Wildman–Crippen LogP) is 1.37. The maximum Gasteiger partial charge on any atom is 0.339 e. The Bertz CT molecular complexity index is 256. The van der Waals surface area contributed by atoms with Crippen molar-refractivity contribution in [3.63, 3.8) is 0 Å². The summed E-state index contributed by atoms with van der Waals surface area (Å²) in [6.45, 7) is 6.72. The highest BCUT2D eigenvalue weighted by atomic mass is 28.4. The molecule has 1 aliphatic heterocycles. The van der Waals surface area contributed by atoms with Crippen LogP contribution in [-0.2, 0) is 23.2 Å². The van der Waals surface area contributed by atoms with Crippen molar-refractivity contribution in [2.75, 3.05) is 13.2 Å². The summed E-state index contributed by atoms with van der Waals surface area (Å²) in [6, 6.07) is 0. The quantitative estimate of drug-likeness (QED) is 0.416. The maximum absolute atomic E-state index is 11.2. The van der Waals surface area contributed by atoms with Gasteiger partial charge in [0.15, 0.2) is 0 Å². The Balaban J connectivity index is 2.76. The molecule has 5 nitrogen and oxygen atoms in total. The minimum Gasteiger partial charge on any atom is -0.394 e. The molecule has 92 valence electrons. The molecule has 0 N–H and O–H groups in total. The summed E-state index contributed by atoms with van der Waals surface area (Å²) >= 11 is 0. The third-order valence-corrected chi connectivity index (χ3v) is 6.27. The van der Waals surface area contributed by atoms with E-state index in [-0.39, 0.29) is 18.4 Å². The topological polar surface area (TPSA) is 61.8 Å². The second-order valence-electron chi connectivity index (χ2n) is 3.83. The summed E-state index contributed by atoms with van der Waals surface area (Å²) in [6.07, 6.45) is 0.433. The smallest absolute Gasteiger partial charge is 0.339 e. The molecule has 0 spiro atoms. The Kier molecular flexibility index (Phi) is 4.64. The van der Waals surface area contributed by atoms with Crippen molar-refractivity contribution in [1.29, 1.82) is 0 Å². The molecule has 0 aromatic rings. The molecule has 0 aliphatic carbocycles. The van der Waals surface area contributed by atoms with Gasteiger partial charge in [-0.3, -0.25) is 9.59 Å². The van der Waals surface area contributed by atoms with Gasteiger partial charge in [-0.2, -0.15) is 0 Å². The fourth-order valence-corrected chi connectivity index (χ4v) is 4.68. The summed E-state index contributed by atoms with van der Waals surface area (Å²) in [4.78, 5) is 22.4. The van der Waals surface area contributed by atoms with E-state index in [1.165, 1.54) is 0 Å². The van der Waals surface area contributed by atoms with E-state index in [1.807, 2.05) is 20.4 Å². The van der Waals surface area contributed by atoms with Gasteiger partial charge in [0.25, 0.3) is 0 Å². The lowest BCUT2D eigenvalue weighted by Gasteiger charge is -2.34. The van der Waals surface area contributed by atoms with Crippen LogP contribution in [0.4, 0.5) is 0 Å². The number of carbonyl (C=O) groups excluding carboxylic acids is 2. The van der Waals surface area contributed by atoms with E-state index in [0.717, 1.165) is 0 Å².